The second-order valence-corrected chi connectivity index (χ2v) is 4.80. The number of hydrogen-bond acceptors (Lipinski definition) is 3. The lowest BCUT2D eigenvalue weighted by atomic mass is 10.0. The monoisotopic (exact) mass is 285 g/mol. The number of pyridine rings is 1. The van der Waals surface area contributed by atoms with E-state index in [2.05, 4.69) is 15.6 Å². The van der Waals surface area contributed by atoms with Crippen molar-refractivity contribution in [1.29, 1.82) is 0 Å². The summed E-state index contributed by atoms with van der Waals surface area (Å²) in [5, 5.41) is 14.6. The minimum absolute atomic E-state index is 0.104. The van der Waals surface area contributed by atoms with Crippen LogP contribution in [0.1, 0.15) is 24.2 Å². The summed E-state index contributed by atoms with van der Waals surface area (Å²) in [6, 6.07) is 14.3. The normalized spacial score (nSPS) is 13.2. The van der Waals surface area contributed by atoms with Gasteiger partial charge in [0, 0.05) is 6.20 Å². The van der Waals surface area contributed by atoms with Gasteiger partial charge in [0.15, 0.2) is 0 Å². The van der Waals surface area contributed by atoms with Gasteiger partial charge in [-0.15, -0.1) is 0 Å². The number of nitrogens with zero attached hydrogens (tertiary/aromatic N) is 1. The molecule has 0 aliphatic heterocycles. The largest absolute Gasteiger partial charge is 0.394 e. The number of carbonyl (C=O) groups is 1. The van der Waals surface area contributed by atoms with Crippen molar-refractivity contribution < 1.29 is 9.90 Å². The minimum atomic E-state index is -0.337. The van der Waals surface area contributed by atoms with Crippen LogP contribution in [-0.4, -0.2) is 28.8 Å². The molecule has 21 heavy (non-hydrogen) atoms. The lowest BCUT2D eigenvalue weighted by molar-refractivity contribution is 0.218. The van der Waals surface area contributed by atoms with E-state index in [0.29, 0.717) is 0 Å². The van der Waals surface area contributed by atoms with Gasteiger partial charge in [-0.3, -0.25) is 4.98 Å². The molecule has 0 saturated carbocycles. The topological polar surface area (TPSA) is 74.2 Å². The number of benzene rings is 1. The molecule has 0 spiro atoms. The van der Waals surface area contributed by atoms with Crippen LogP contribution in [0.4, 0.5) is 4.79 Å². The fraction of sp³-hybridized carbons (Fsp3) is 0.250. The first-order chi connectivity index (χ1) is 10.2. The molecule has 0 aliphatic rings. The van der Waals surface area contributed by atoms with Crippen molar-refractivity contribution in [3.63, 3.8) is 0 Å². The molecule has 2 aromatic rings. The van der Waals surface area contributed by atoms with E-state index in [1.165, 1.54) is 0 Å². The van der Waals surface area contributed by atoms with Crippen LogP contribution in [-0.2, 0) is 0 Å². The van der Waals surface area contributed by atoms with Gasteiger partial charge in [-0.1, -0.05) is 36.4 Å². The number of aromatic nitrogens is 1. The maximum Gasteiger partial charge on any atom is 0.315 e. The Morgan fingerprint density at radius 2 is 1.86 bits per heavy atom. The zero-order valence-electron chi connectivity index (χ0n) is 11.9. The van der Waals surface area contributed by atoms with Crippen molar-refractivity contribution in [2.75, 3.05) is 6.61 Å². The van der Waals surface area contributed by atoms with Crippen molar-refractivity contribution in [2.24, 2.45) is 0 Å². The zero-order valence-corrected chi connectivity index (χ0v) is 11.9. The van der Waals surface area contributed by atoms with E-state index >= 15 is 0 Å². The zero-order chi connectivity index (χ0) is 15.1. The molecule has 1 heterocycles. The van der Waals surface area contributed by atoms with E-state index in [-0.39, 0.29) is 24.7 Å². The Kier molecular flexibility index (Phi) is 5.29. The summed E-state index contributed by atoms with van der Waals surface area (Å²) in [6.07, 6.45) is 1.70. The molecule has 2 atom stereocenters. The Morgan fingerprint density at radius 1 is 1.14 bits per heavy atom. The summed E-state index contributed by atoms with van der Waals surface area (Å²) >= 11 is 0. The van der Waals surface area contributed by atoms with E-state index in [1.807, 2.05) is 48.5 Å². The highest BCUT2D eigenvalue weighted by Gasteiger charge is 2.18. The molecule has 0 fully saturated rings. The number of amides is 2. The molecule has 0 saturated heterocycles. The van der Waals surface area contributed by atoms with Gasteiger partial charge in [-0.2, -0.15) is 0 Å². The van der Waals surface area contributed by atoms with Gasteiger partial charge in [0.05, 0.1) is 24.4 Å². The second kappa shape index (κ2) is 7.40. The van der Waals surface area contributed by atoms with Crippen LogP contribution in [0.3, 0.4) is 0 Å². The first-order valence-corrected chi connectivity index (χ1v) is 6.84. The molecule has 2 rings (SSSR count). The fourth-order valence-electron chi connectivity index (χ4n) is 1.96. The van der Waals surface area contributed by atoms with E-state index in [9.17, 15) is 4.79 Å². The number of hydrogen-bond donors (Lipinski definition) is 3. The van der Waals surface area contributed by atoms with Crippen LogP contribution < -0.4 is 10.6 Å². The van der Waals surface area contributed by atoms with Crippen LogP contribution in [0.15, 0.2) is 54.7 Å². The van der Waals surface area contributed by atoms with Gasteiger partial charge < -0.3 is 15.7 Å². The van der Waals surface area contributed by atoms with Crippen LogP contribution in [0.25, 0.3) is 0 Å². The van der Waals surface area contributed by atoms with Crippen LogP contribution >= 0.6 is 0 Å². The van der Waals surface area contributed by atoms with E-state index in [0.717, 1.165) is 11.3 Å². The van der Waals surface area contributed by atoms with E-state index in [4.69, 9.17) is 5.11 Å². The Labute approximate surface area is 124 Å². The van der Waals surface area contributed by atoms with Gasteiger partial charge in [-0.05, 0) is 24.6 Å². The van der Waals surface area contributed by atoms with Crippen molar-refractivity contribution in [3.8, 4) is 0 Å². The Balaban J connectivity index is 2.19. The summed E-state index contributed by atoms with van der Waals surface area (Å²) in [6.45, 7) is 1.63. The van der Waals surface area contributed by atoms with Crippen LogP contribution in [0.2, 0.25) is 0 Å². The average Bonchev–Trinajstić information content (AvgIpc) is 2.54. The first-order valence-electron chi connectivity index (χ1n) is 6.84. The lowest BCUT2D eigenvalue weighted by Gasteiger charge is -2.20. The predicted octanol–water partition coefficient (Wildman–Crippen LogP) is 1.85. The molecule has 0 aliphatic carbocycles. The van der Waals surface area contributed by atoms with Gasteiger partial charge in [0.2, 0.25) is 0 Å². The highest BCUT2D eigenvalue weighted by molar-refractivity contribution is 5.75. The molecule has 0 radical (unpaired) electrons. The number of nitrogens with one attached hydrogen (secondary N) is 2. The third-order valence-corrected chi connectivity index (χ3v) is 3.04. The van der Waals surface area contributed by atoms with Gasteiger partial charge in [-0.25, -0.2) is 4.79 Å². The van der Waals surface area contributed by atoms with Gasteiger partial charge >= 0.3 is 6.03 Å². The summed E-state index contributed by atoms with van der Waals surface area (Å²) in [5.74, 6) is 0. The Bertz CT molecular complexity index is 521. The molecule has 2 amide bonds. The predicted molar refractivity (Wildman–Crippen MR) is 80.7 cm³/mol. The third-order valence-electron chi connectivity index (χ3n) is 3.04. The second-order valence-electron chi connectivity index (χ2n) is 4.80. The molecule has 5 heteroatoms. The SMILES string of the molecule is CC(CO)NC(=O)NC(c1ccccc1)c1ccccn1. The Hall–Kier alpha value is -2.40. The quantitative estimate of drug-likeness (QED) is 0.785. The number of aliphatic hydroxyl groups is 1. The summed E-state index contributed by atoms with van der Waals surface area (Å²) in [4.78, 5) is 16.3. The Morgan fingerprint density at radius 3 is 2.48 bits per heavy atom. The molecule has 1 aromatic heterocycles. The highest BCUT2D eigenvalue weighted by Crippen LogP contribution is 2.19. The summed E-state index contributed by atoms with van der Waals surface area (Å²) in [7, 11) is 0. The molecule has 1 aromatic carbocycles. The highest BCUT2D eigenvalue weighted by atomic mass is 16.3. The average molecular weight is 285 g/mol. The number of rotatable bonds is 5. The van der Waals surface area contributed by atoms with Crippen LogP contribution in [0.5, 0.6) is 0 Å². The maximum absolute atomic E-state index is 12.0. The van der Waals surface area contributed by atoms with Gasteiger partial charge in [0.25, 0.3) is 0 Å². The maximum atomic E-state index is 12.0. The van der Waals surface area contributed by atoms with Gasteiger partial charge in [0.1, 0.15) is 0 Å². The first kappa shape index (κ1) is 15.0. The molecule has 0 bridgehead atoms. The van der Waals surface area contributed by atoms with Crippen molar-refractivity contribution in [1.82, 2.24) is 15.6 Å². The number of aliphatic hydroxyl groups excluding tert-OH is 1. The molecule has 3 N–H and O–H groups in total. The summed E-state index contributed by atoms with van der Waals surface area (Å²) < 4.78 is 0. The lowest BCUT2D eigenvalue weighted by Crippen LogP contribution is -2.44. The van der Waals surface area contributed by atoms with E-state index in [1.54, 1.807) is 13.1 Å². The molecule has 110 valence electrons. The van der Waals surface area contributed by atoms with Crippen molar-refractivity contribution in [2.45, 2.75) is 19.0 Å². The standard InChI is InChI=1S/C16H19N3O2/c1-12(11-20)18-16(21)19-15(13-7-3-2-4-8-13)14-9-5-6-10-17-14/h2-10,12,15,20H,11H2,1H3,(H2,18,19,21). The third kappa shape index (κ3) is 4.29. The molecule has 2 unspecified atom stereocenters. The number of carbonyl (C=O) groups excluding carboxylic acids is 1. The summed E-state index contributed by atoms with van der Waals surface area (Å²) in [5.41, 5.74) is 1.71. The van der Waals surface area contributed by atoms with Crippen molar-refractivity contribution in [3.05, 3.63) is 66.0 Å². The van der Waals surface area contributed by atoms with E-state index < -0.39 is 0 Å². The van der Waals surface area contributed by atoms with Crippen LogP contribution in [0, 0.1) is 0 Å². The molecule has 5 nitrogen and oxygen atoms in total. The van der Waals surface area contributed by atoms with Crippen molar-refractivity contribution >= 4 is 6.03 Å². The smallest absolute Gasteiger partial charge is 0.315 e. The number of urea groups is 1. The molecular formula is C16H19N3O2. The fourth-order valence-corrected chi connectivity index (χ4v) is 1.96. The molecular weight excluding hydrogens is 266 g/mol. The minimum Gasteiger partial charge on any atom is -0.394 e.